The third-order valence-electron chi connectivity index (χ3n) is 4.96. The summed E-state index contributed by atoms with van der Waals surface area (Å²) in [7, 11) is 0. The van der Waals surface area contributed by atoms with E-state index in [1.165, 1.54) is 18.2 Å². The summed E-state index contributed by atoms with van der Waals surface area (Å²) in [5, 5.41) is 5.39. The highest BCUT2D eigenvalue weighted by Crippen LogP contribution is 2.34. The van der Waals surface area contributed by atoms with Gasteiger partial charge in [-0.05, 0) is 56.7 Å². The van der Waals surface area contributed by atoms with Crippen LogP contribution in [0, 0.1) is 19.7 Å². The van der Waals surface area contributed by atoms with Crippen molar-refractivity contribution in [2.75, 3.05) is 31.4 Å². The molecule has 1 aromatic heterocycles. The zero-order chi connectivity index (χ0) is 25.4. The van der Waals surface area contributed by atoms with Crippen LogP contribution < -0.4 is 10.6 Å². The second-order valence-electron chi connectivity index (χ2n) is 6.81. The Bertz CT molecular complexity index is 1160. The number of halogens is 1. The van der Waals surface area contributed by atoms with Gasteiger partial charge in [-0.15, -0.1) is 0 Å². The van der Waals surface area contributed by atoms with Crippen molar-refractivity contribution in [1.82, 2.24) is 15.2 Å². The Morgan fingerprint density at radius 1 is 1.41 bits per heavy atom. The lowest BCUT2D eigenvalue weighted by Crippen LogP contribution is -2.35. The fraction of sp³-hybridized carbons (Fsp3) is 0.364. The number of H-pyrrole nitrogens is 1. The molecular weight excluding hydrogens is 371 g/mol. The Hall–Kier alpha value is -2.93. The molecule has 0 unspecified atom stereocenters. The van der Waals surface area contributed by atoms with Crippen LogP contribution in [-0.2, 0) is 4.79 Å². The van der Waals surface area contributed by atoms with Gasteiger partial charge in [-0.25, -0.2) is 4.39 Å². The summed E-state index contributed by atoms with van der Waals surface area (Å²) in [6.45, 7) is -0.0677. The second-order valence-corrected chi connectivity index (χ2v) is 6.81. The highest BCUT2D eigenvalue weighted by atomic mass is 19.1. The smallest absolute Gasteiger partial charge is 0.256 e. The largest absolute Gasteiger partial charge is 0.358 e. The van der Waals surface area contributed by atoms with E-state index in [2.05, 4.69) is 15.6 Å². The number of anilines is 1. The average Bonchev–Trinajstić information content (AvgIpc) is 3.19. The number of likely N-dealkylation sites (N-methyl/N-ethyl adjacent to an activating group) is 1. The van der Waals surface area contributed by atoms with Crippen molar-refractivity contribution in [2.45, 2.75) is 27.6 Å². The molecule has 0 spiro atoms. The van der Waals surface area contributed by atoms with E-state index in [0.717, 1.165) is 4.90 Å². The SMILES string of the molecule is [2H]C([2H])([2H])C([2H])([2H])N(CC)CCNC(=O)c1c(C)[nH]c(/C=C2\C(=O)Nc3ccc(F)cc32)c1C. The molecule has 0 saturated carbocycles. The maximum absolute atomic E-state index is 13.7. The summed E-state index contributed by atoms with van der Waals surface area (Å²) in [6.07, 6.45) is 1.57. The first-order chi connectivity index (χ1) is 15.8. The minimum Gasteiger partial charge on any atom is -0.358 e. The van der Waals surface area contributed by atoms with Crippen LogP contribution >= 0.6 is 0 Å². The quantitative estimate of drug-likeness (QED) is 0.621. The number of nitrogens with zero attached hydrogens (tertiary/aromatic N) is 1. The van der Waals surface area contributed by atoms with Crippen LogP contribution in [0.2, 0.25) is 0 Å². The van der Waals surface area contributed by atoms with Crippen molar-refractivity contribution in [3.63, 3.8) is 0 Å². The van der Waals surface area contributed by atoms with Crippen LogP contribution in [0.1, 0.15) is 53.5 Å². The Morgan fingerprint density at radius 3 is 2.93 bits per heavy atom. The van der Waals surface area contributed by atoms with Crippen LogP contribution in [0.15, 0.2) is 18.2 Å². The number of carbonyl (C=O) groups is 2. The number of hydrogen-bond donors (Lipinski definition) is 3. The minimum atomic E-state index is -2.82. The molecule has 3 rings (SSSR count). The minimum absolute atomic E-state index is 0.00950. The molecule has 6 nitrogen and oxygen atoms in total. The maximum Gasteiger partial charge on any atom is 0.256 e. The van der Waals surface area contributed by atoms with Gasteiger partial charge >= 0.3 is 0 Å². The van der Waals surface area contributed by atoms with Crippen LogP contribution in [0.3, 0.4) is 0 Å². The van der Waals surface area contributed by atoms with Crippen LogP contribution in [0.5, 0.6) is 0 Å². The van der Waals surface area contributed by atoms with E-state index in [-0.39, 0.29) is 31.1 Å². The van der Waals surface area contributed by atoms with Gasteiger partial charge in [0.25, 0.3) is 11.8 Å². The standard InChI is InChI=1S/C22H27FN4O2/c1-5-27(6-2)10-9-24-22(29)20-13(3)19(25-14(20)4)12-17-16-11-15(23)7-8-18(16)26-21(17)28/h7-8,11-12,25H,5-6,9-10H2,1-4H3,(H,24,29)(H,26,28)/b17-12-/i1D3,5D2. The molecule has 0 radical (unpaired) electrons. The fourth-order valence-corrected chi connectivity index (χ4v) is 3.39. The van der Waals surface area contributed by atoms with Gasteiger partial charge in [0.1, 0.15) is 5.82 Å². The highest BCUT2D eigenvalue weighted by molar-refractivity contribution is 6.34. The predicted molar refractivity (Wildman–Crippen MR) is 113 cm³/mol. The van der Waals surface area contributed by atoms with E-state index >= 15 is 0 Å². The monoisotopic (exact) mass is 403 g/mol. The van der Waals surface area contributed by atoms with Gasteiger partial charge in [0.2, 0.25) is 0 Å². The zero-order valence-corrected chi connectivity index (χ0v) is 16.6. The summed E-state index contributed by atoms with van der Waals surface area (Å²) in [4.78, 5) is 29.5. The summed E-state index contributed by atoms with van der Waals surface area (Å²) < 4.78 is 51.7. The molecule has 1 aliphatic heterocycles. The molecule has 0 aliphatic carbocycles. The lowest BCUT2D eigenvalue weighted by Gasteiger charge is -2.18. The van der Waals surface area contributed by atoms with Gasteiger partial charge < -0.3 is 20.5 Å². The molecule has 0 saturated heterocycles. The van der Waals surface area contributed by atoms with Crippen LogP contribution in [-0.4, -0.2) is 47.8 Å². The Labute approximate surface area is 177 Å². The first-order valence-corrected chi connectivity index (χ1v) is 9.33. The number of hydrogen-bond acceptors (Lipinski definition) is 3. The van der Waals surface area contributed by atoms with Crippen molar-refractivity contribution < 1.29 is 20.8 Å². The number of amides is 2. The molecular formula is C22H27FN4O2. The molecule has 1 aromatic carbocycles. The van der Waals surface area contributed by atoms with Gasteiger partial charge in [0.15, 0.2) is 0 Å². The summed E-state index contributed by atoms with van der Waals surface area (Å²) >= 11 is 0. The number of fused-ring (bicyclic) bond motifs is 1. The molecule has 154 valence electrons. The van der Waals surface area contributed by atoms with Gasteiger partial charge in [-0.1, -0.05) is 13.8 Å². The number of nitrogens with one attached hydrogen (secondary N) is 3. The van der Waals surface area contributed by atoms with E-state index < -0.39 is 25.1 Å². The van der Waals surface area contributed by atoms with Gasteiger partial charge in [0, 0.05) is 42.6 Å². The van der Waals surface area contributed by atoms with E-state index in [0.29, 0.717) is 33.8 Å². The highest BCUT2D eigenvalue weighted by Gasteiger charge is 2.26. The number of aromatic nitrogens is 1. The Kier molecular flexibility index (Phi) is 4.45. The first kappa shape index (κ1) is 15.0. The van der Waals surface area contributed by atoms with E-state index in [4.69, 9.17) is 6.85 Å². The van der Waals surface area contributed by atoms with E-state index in [1.807, 2.05) is 0 Å². The summed E-state index contributed by atoms with van der Waals surface area (Å²) in [6, 6.07) is 4.02. The number of aryl methyl sites for hydroxylation is 1. The van der Waals surface area contributed by atoms with Crippen LogP contribution in [0.25, 0.3) is 11.6 Å². The topological polar surface area (TPSA) is 77.2 Å². The number of aromatic amines is 1. The van der Waals surface area contributed by atoms with Crippen molar-refractivity contribution in [3.05, 3.63) is 52.1 Å². The molecule has 2 heterocycles. The molecule has 0 atom stereocenters. The first-order valence-electron chi connectivity index (χ1n) is 11.8. The van der Waals surface area contributed by atoms with Crippen molar-refractivity contribution in [2.24, 2.45) is 0 Å². The average molecular weight is 404 g/mol. The third kappa shape index (κ3) is 4.24. The van der Waals surface area contributed by atoms with Crippen molar-refractivity contribution in [1.29, 1.82) is 0 Å². The number of carbonyl (C=O) groups excluding carboxylic acids is 2. The lowest BCUT2D eigenvalue weighted by atomic mass is 10.0. The Balaban J connectivity index is 1.77. The molecule has 3 N–H and O–H groups in total. The van der Waals surface area contributed by atoms with Crippen molar-refractivity contribution >= 4 is 29.2 Å². The second kappa shape index (κ2) is 8.61. The third-order valence-corrected chi connectivity index (χ3v) is 4.96. The van der Waals surface area contributed by atoms with Crippen LogP contribution in [0.4, 0.5) is 10.1 Å². The lowest BCUT2D eigenvalue weighted by molar-refractivity contribution is -0.110. The maximum atomic E-state index is 13.7. The van der Waals surface area contributed by atoms with Crippen molar-refractivity contribution in [3.8, 4) is 0 Å². The van der Waals surface area contributed by atoms with E-state index in [9.17, 15) is 14.0 Å². The molecule has 0 fully saturated rings. The van der Waals surface area contributed by atoms with Gasteiger partial charge in [-0.3, -0.25) is 9.59 Å². The van der Waals surface area contributed by atoms with Gasteiger partial charge in [-0.2, -0.15) is 0 Å². The normalized spacial score (nSPS) is 17.9. The Morgan fingerprint density at radius 2 is 2.21 bits per heavy atom. The molecule has 2 aromatic rings. The molecule has 2 amide bonds. The zero-order valence-electron chi connectivity index (χ0n) is 21.6. The van der Waals surface area contributed by atoms with E-state index in [1.54, 1.807) is 26.8 Å². The fourth-order valence-electron chi connectivity index (χ4n) is 3.39. The predicted octanol–water partition coefficient (Wildman–Crippen LogP) is 3.33. The summed E-state index contributed by atoms with van der Waals surface area (Å²) in [5.74, 6) is -1.25. The summed E-state index contributed by atoms with van der Waals surface area (Å²) in [5.41, 5.74) is 3.26. The van der Waals surface area contributed by atoms with Gasteiger partial charge in [0.05, 0.1) is 11.1 Å². The molecule has 7 heteroatoms. The number of benzene rings is 1. The molecule has 29 heavy (non-hydrogen) atoms. The molecule has 1 aliphatic rings. The number of rotatable bonds is 7. The molecule has 0 bridgehead atoms.